The maximum Gasteiger partial charge on any atom is 0.198 e. The van der Waals surface area contributed by atoms with E-state index in [1.165, 1.54) is 69.6 Å². The molecule has 0 aromatic heterocycles. The molecular formula is C26H32F2OS. The van der Waals surface area contributed by atoms with Crippen LogP contribution in [-0.4, -0.2) is 5.05 Å². The second-order valence-corrected chi connectivity index (χ2v) is 8.85. The average Bonchev–Trinajstić information content (AvgIpc) is 2.76. The van der Waals surface area contributed by atoms with Crippen molar-refractivity contribution in [3.05, 3.63) is 65.2 Å². The van der Waals surface area contributed by atoms with Gasteiger partial charge in [-0.15, -0.1) is 0 Å². The third-order valence-electron chi connectivity index (χ3n) is 6.28. The molecule has 1 nitrogen and oxygen atoms in total. The molecule has 2 aromatic carbocycles. The maximum absolute atomic E-state index is 14.8. The Morgan fingerprint density at radius 1 is 0.933 bits per heavy atom. The number of halogens is 2. The number of para-hydroxylation sites is 1. The fourth-order valence-corrected chi connectivity index (χ4v) is 4.69. The molecular weight excluding hydrogens is 398 g/mol. The third-order valence-corrected chi connectivity index (χ3v) is 6.60. The molecule has 4 heteroatoms. The Hall–Kier alpha value is -1.81. The van der Waals surface area contributed by atoms with Crippen molar-refractivity contribution in [1.82, 2.24) is 0 Å². The predicted octanol–water partition coefficient (Wildman–Crippen LogP) is 8.35. The summed E-state index contributed by atoms with van der Waals surface area (Å²) < 4.78 is 34.0. The normalized spacial score (nSPS) is 18.9. The van der Waals surface area contributed by atoms with Crippen molar-refractivity contribution in [1.29, 1.82) is 0 Å². The highest BCUT2D eigenvalue weighted by Crippen LogP contribution is 2.39. The van der Waals surface area contributed by atoms with Crippen molar-refractivity contribution < 1.29 is 13.5 Å². The molecule has 1 saturated carbocycles. The molecule has 1 aliphatic rings. The van der Waals surface area contributed by atoms with Crippen molar-refractivity contribution in [3.8, 4) is 5.75 Å². The van der Waals surface area contributed by atoms with Crippen molar-refractivity contribution in [3.63, 3.8) is 0 Å². The van der Waals surface area contributed by atoms with Crippen LogP contribution < -0.4 is 4.74 Å². The molecule has 0 N–H and O–H groups in total. The van der Waals surface area contributed by atoms with Gasteiger partial charge in [-0.25, -0.2) is 8.78 Å². The van der Waals surface area contributed by atoms with E-state index < -0.39 is 5.82 Å². The highest BCUT2D eigenvalue weighted by molar-refractivity contribution is 7.80. The van der Waals surface area contributed by atoms with Gasteiger partial charge in [0.25, 0.3) is 0 Å². The topological polar surface area (TPSA) is 9.23 Å². The molecule has 30 heavy (non-hydrogen) atoms. The van der Waals surface area contributed by atoms with E-state index in [1.54, 1.807) is 18.2 Å². The maximum atomic E-state index is 14.8. The van der Waals surface area contributed by atoms with Gasteiger partial charge in [0.05, 0.1) is 0 Å². The molecule has 0 heterocycles. The van der Waals surface area contributed by atoms with Gasteiger partial charge in [0.15, 0.2) is 16.6 Å². The minimum atomic E-state index is -0.487. The first kappa shape index (κ1) is 22.9. The third kappa shape index (κ3) is 6.34. The van der Waals surface area contributed by atoms with E-state index in [9.17, 15) is 8.78 Å². The number of benzene rings is 2. The predicted molar refractivity (Wildman–Crippen MR) is 123 cm³/mol. The van der Waals surface area contributed by atoms with Crippen LogP contribution in [0.1, 0.15) is 88.2 Å². The molecule has 3 rings (SSSR count). The summed E-state index contributed by atoms with van der Waals surface area (Å²) in [4.78, 5) is 0. The van der Waals surface area contributed by atoms with Crippen LogP contribution in [0.2, 0.25) is 0 Å². The van der Waals surface area contributed by atoms with Gasteiger partial charge >= 0.3 is 0 Å². The Bertz CT molecular complexity index is 828. The van der Waals surface area contributed by atoms with Gasteiger partial charge in [0.1, 0.15) is 5.82 Å². The number of unbranched alkanes of at least 4 members (excludes halogenated alkanes) is 4. The highest BCUT2D eigenvalue weighted by atomic mass is 32.1. The van der Waals surface area contributed by atoms with Crippen molar-refractivity contribution in [2.75, 3.05) is 0 Å². The SMILES string of the molecule is CCCCCCCC1CCC(c2ccc(C(=S)Oc3ccccc3F)cc2F)CC1. The molecule has 0 saturated heterocycles. The van der Waals surface area contributed by atoms with Crippen LogP contribution in [0.3, 0.4) is 0 Å². The number of thiocarbonyl (C=S) groups is 1. The first-order chi connectivity index (χ1) is 14.6. The summed E-state index contributed by atoms with van der Waals surface area (Å²) in [6, 6.07) is 11.1. The van der Waals surface area contributed by atoms with Gasteiger partial charge in [-0.2, -0.15) is 0 Å². The molecule has 0 amide bonds. The summed E-state index contributed by atoms with van der Waals surface area (Å²) in [7, 11) is 0. The van der Waals surface area contributed by atoms with E-state index in [0.717, 1.165) is 24.3 Å². The van der Waals surface area contributed by atoms with E-state index in [0.29, 0.717) is 5.56 Å². The standard InChI is InChI=1S/C26H32F2OS/c1-2-3-4-5-6-9-19-12-14-20(15-13-19)22-17-16-21(18-24(22)28)26(30)29-25-11-8-7-10-23(25)27/h7-8,10-11,16-20H,2-6,9,12-15H2,1H3. The molecule has 0 unspecified atom stereocenters. The molecule has 0 bridgehead atoms. The first-order valence-corrected chi connectivity index (χ1v) is 11.8. The summed E-state index contributed by atoms with van der Waals surface area (Å²) in [5.41, 5.74) is 1.24. The van der Waals surface area contributed by atoms with E-state index in [2.05, 4.69) is 6.92 Å². The van der Waals surface area contributed by atoms with Gasteiger partial charge in [-0.1, -0.05) is 63.6 Å². The lowest BCUT2D eigenvalue weighted by molar-refractivity contribution is 0.298. The van der Waals surface area contributed by atoms with Gasteiger partial charge in [0.2, 0.25) is 0 Å². The fourth-order valence-electron chi connectivity index (χ4n) is 4.47. The summed E-state index contributed by atoms with van der Waals surface area (Å²) >= 11 is 5.25. The monoisotopic (exact) mass is 430 g/mol. The van der Waals surface area contributed by atoms with Crippen LogP contribution in [-0.2, 0) is 0 Å². The van der Waals surface area contributed by atoms with E-state index in [4.69, 9.17) is 17.0 Å². The Labute approximate surface area is 184 Å². The molecule has 0 spiro atoms. The Balaban J connectivity index is 1.52. The molecule has 1 fully saturated rings. The second-order valence-electron chi connectivity index (χ2n) is 8.48. The summed E-state index contributed by atoms with van der Waals surface area (Å²) in [6.45, 7) is 2.25. The molecule has 0 atom stereocenters. The number of ether oxygens (including phenoxy) is 1. The van der Waals surface area contributed by atoms with Gasteiger partial charge < -0.3 is 4.74 Å². The molecule has 0 radical (unpaired) electrons. The van der Waals surface area contributed by atoms with Crippen LogP contribution in [0.15, 0.2) is 42.5 Å². The fraction of sp³-hybridized carbons (Fsp3) is 0.500. The molecule has 1 aliphatic carbocycles. The lowest BCUT2D eigenvalue weighted by atomic mass is 9.77. The summed E-state index contributed by atoms with van der Waals surface area (Å²) in [5, 5.41) is 0.0809. The summed E-state index contributed by atoms with van der Waals surface area (Å²) in [5.74, 6) is 0.400. The van der Waals surface area contributed by atoms with Gasteiger partial charge in [-0.05, 0) is 79.6 Å². The highest BCUT2D eigenvalue weighted by Gasteiger charge is 2.24. The zero-order chi connectivity index (χ0) is 21.3. The summed E-state index contributed by atoms with van der Waals surface area (Å²) in [6.07, 6.45) is 12.5. The molecule has 2 aromatic rings. The molecule has 0 aliphatic heterocycles. The van der Waals surface area contributed by atoms with Gasteiger partial charge in [-0.3, -0.25) is 0 Å². The van der Waals surface area contributed by atoms with Crippen LogP contribution in [0.5, 0.6) is 5.75 Å². The quantitative estimate of drug-likeness (QED) is 0.292. The van der Waals surface area contributed by atoms with Crippen molar-refractivity contribution in [2.45, 2.75) is 77.0 Å². The minimum absolute atomic E-state index is 0.0556. The van der Waals surface area contributed by atoms with Crippen molar-refractivity contribution >= 4 is 17.3 Å². The first-order valence-electron chi connectivity index (χ1n) is 11.3. The van der Waals surface area contributed by atoms with E-state index in [-0.39, 0.29) is 22.5 Å². The lowest BCUT2D eigenvalue weighted by Gasteiger charge is -2.29. The lowest BCUT2D eigenvalue weighted by Crippen LogP contribution is -2.15. The average molecular weight is 431 g/mol. The van der Waals surface area contributed by atoms with Crippen LogP contribution in [0, 0.1) is 17.6 Å². The van der Waals surface area contributed by atoms with Crippen LogP contribution in [0.4, 0.5) is 8.78 Å². The number of hydrogen-bond acceptors (Lipinski definition) is 2. The Morgan fingerprint density at radius 2 is 1.67 bits per heavy atom. The van der Waals surface area contributed by atoms with E-state index >= 15 is 0 Å². The minimum Gasteiger partial charge on any atom is -0.442 e. The van der Waals surface area contributed by atoms with Crippen LogP contribution in [0.25, 0.3) is 0 Å². The molecule has 162 valence electrons. The number of hydrogen-bond donors (Lipinski definition) is 0. The van der Waals surface area contributed by atoms with Crippen LogP contribution >= 0.6 is 12.2 Å². The Kier molecular flexibility index (Phi) is 8.80. The van der Waals surface area contributed by atoms with E-state index in [1.807, 2.05) is 6.07 Å². The smallest absolute Gasteiger partial charge is 0.198 e. The Morgan fingerprint density at radius 3 is 2.37 bits per heavy atom. The number of rotatable bonds is 9. The van der Waals surface area contributed by atoms with Crippen molar-refractivity contribution in [2.24, 2.45) is 5.92 Å². The zero-order valence-corrected chi connectivity index (χ0v) is 18.7. The van der Waals surface area contributed by atoms with Gasteiger partial charge in [0, 0.05) is 5.56 Å². The zero-order valence-electron chi connectivity index (χ0n) is 17.8. The second kappa shape index (κ2) is 11.5. The largest absolute Gasteiger partial charge is 0.442 e.